The molecule has 0 fully saturated rings. The fourth-order valence-corrected chi connectivity index (χ4v) is 2.23. The minimum atomic E-state index is -0.521. The van der Waals surface area contributed by atoms with Crippen molar-refractivity contribution < 1.29 is 19.1 Å². The van der Waals surface area contributed by atoms with E-state index in [2.05, 4.69) is 19.2 Å². The van der Waals surface area contributed by atoms with E-state index in [1.54, 1.807) is 0 Å². The summed E-state index contributed by atoms with van der Waals surface area (Å²) in [4.78, 5) is 24.0. The summed E-state index contributed by atoms with van der Waals surface area (Å²) >= 11 is 0. The molecule has 0 aromatic heterocycles. The van der Waals surface area contributed by atoms with Crippen LogP contribution in [-0.4, -0.2) is 24.2 Å². The van der Waals surface area contributed by atoms with Crippen LogP contribution in [0.25, 0.3) is 0 Å². The lowest BCUT2D eigenvalue weighted by molar-refractivity contribution is -0.150. The Kier molecular flexibility index (Phi) is 8.90. The van der Waals surface area contributed by atoms with Gasteiger partial charge >= 0.3 is 12.1 Å². The van der Waals surface area contributed by atoms with Crippen molar-refractivity contribution in [3.63, 3.8) is 0 Å². The molecule has 1 aromatic rings. The third-order valence-electron chi connectivity index (χ3n) is 3.31. The predicted molar refractivity (Wildman–Crippen MR) is 103 cm³/mol. The van der Waals surface area contributed by atoms with Crippen LogP contribution in [0.5, 0.6) is 0 Å². The van der Waals surface area contributed by atoms with Gasteiger partial charge in [-0.1, -0.05) is 50.3 Å². The molecule has 0 aliphatic carbocycles. The van der Waals surface area contributed by atoms with E-state index in [4.69, 9.17) is 9.47 Å². The summed E-state index contributed by atoms with van der Waals surface area (Å²) in [6.07, 6.45) is 2.56. The summed E-state index contributed by atoms with van der Waals surface area (Å²) in [5.41, 5.74) is 1.06. The van der Waals surface area contributed by atoms with Gasteiger partial charge in [-0.25, -0.2) is 9.59 Å². The zero-order chi connectivity index (χ0) is 19.6. The first kappa shape index (κ1) is 21.7. The van der Waals surface area contributed by atoms with Gasteiger partial charge in [0.1, 0.15) is 12.2 Å². The second-order valence-electron chi connectivity index (χ2n) is 7.61. The largest absolute Gasteiger partial charge is 0.457 e. The van der Waals surface area contributed by atoms with Gasteiger partial charge in [0, 0.05) is 12.1 Å². The Balaban J connectivity index is 2.43. The Labute approximate surface area is 156 Å². The van der Waals surface area contributed by atoms with Gasteiger partial charge in [-0.3, -0.25) is 0 Å². The van der Waals surface area contributed by atoms with Crippen LogP contribution < -0.4 is 5.32 Å². The Morgan fingerprint density at radius 3 is 2.38 bits per heavy atom. The topological polar surface area (TPSA) is 64.6 Å². The molecule has 26 heavy (non-hydrogen) atoms. The highest BCUT2D eigenvalue weighted by Gasteiger charge is 2.20. The van der Waals surface area contributed by atoms with E-state index in [0.717, 1.165) is 5.56 Å². The van der Waals surface area contributed by atoms with Gasteiger partial charge in [-0.2, -0.15) is 0 Å². The normalized spacial score (nSPS) is 12.0. The summed E-state index contributed by atoms with van der Waals surface area (Å²) in [5.74, 6) is 0.0513. The summed E-state index contributed by atoms with van der Waals surface area (Å²) in [6, 6.07) is 9.50. The number of ether oxygens (including phenoxy) is 2. The number of nitrogens with one attached hydrogen (secondary N) is 1. The molecule has 0 bridgehead atoms. The zero-order valence-corrected chi connectivity index (χ0v) is 16.5. The number of amides is 1. The monoisotopic (exact) mass is 361 g/mol. The van der Waals surface area contributed by atoms with E-state index in [-0.39, 0.29) is 12.6 Å². The van der Waals surface area contributed by atoms with Crippen LogP contribution in [0.1, 0.15) is 53.0 Å². The molecule has 0 aliphatic heterocycles. The Morgan fingerprint density at radius 2 is 1.81 bits per heavy atom. The van der Waals surface area contributed by atoms with E-state index in [9.17, 15) is 9.59 Å². The van der Waals surface area contributed by atoms with Gasteiger partial charge in [0.15, 0.2) is 0 Å². The number of rotatable bonds is 8. The fraction of sp³-hybridized carbons (Fsp3) is 0.524. The highest BCUT2D eigenvalue weighted by molar-refractivity contribution is 5.88. The molecule has 1 amide bonds. The standard InChI is InChI=1S/C21H31NO4/c1-16(2)14-18(19(23)26-21(3,4)5)12-9-13-22-20(24)25-15-17-10-7-6-8-11-17/h6-8,10-12,16H,9,13-15H2,1-5H3,(H,22,24)/b18-12-. The molecule has 5 heteroatoms. The lowest BCUT2D eigenvalue weighted by Gasteiger charge is -2.21. The number of hydrogen-bond acceptors (Lipinski definition) is 4. The highest BCUT2D eigenvalue weighted by atomic mass is 16.6. The van der Waals surface area contributed by atoms with E-state index < -0.39 is 11.7 Å². The Morgan fingerprint density at radius 1 is 1.15 bits per heavy atom. The Bertz CT molecular complexity index is 600. The van der Waals surface area contributed by atoms with Crippen LogP contribution >= 0.6 is 0 Å². The van der Waals surface area contributed by atoms with Gasteiger partial charge in [0.25, 0.3) is 0 Å². The van der Waals surface area contributed by atoms with Gasteiger partial charge in [0.05, 0.1) is 0 Å². The first-order valence-electron chi connectivity index (χ1n) is 9.04. The number of esters is 1. The summed E-state index contributed by atoms with van der Waals surface area (Å²) < 4.78 is 10.6. The summed E-state index contributed by atoms with van der Waals surface area (Å²) in [7, 11) is 0. The maximum Gasteiger partial charge on any atom is 0.407 e. The first-order valence-corrected chi connectivity index (χ1v) is 9.04. The van der Waals surface area contributed by atoms with Crippen molar-refractivity contribution in [2.75, 3.05) is 6.54 Å². The average Bonchev–Trinajstić information content (AvgIpc) is 2.54. The molecule has 1 rings (SSSR count). The maximum absolute atomic E-state index is 12.3. The van der Waals surface area contributed by atoms with E-state index in [0.29, 0.717) is 30.9 Å². The molecular formula is C21H31NO4. The quantitative estimate of drug-likeness (QED) is 0.417. The lowest BCUT2D eigenvalue weighted by Crippen LogP contribution is -2.26. The lowest BCUT2D eigenvalue weighted by atomic mass is 10.0. The molecule has 0 spiro atoms. The van der Waals surface area contributed by atoms with Crippen LogP contribution in [-0.2, 0) is 20.9 Å². The van der Waals surface area contributed by atoms with Gasteiger partial charge in [-0.15, -0.1) is 0 Å². The predicted octanol–water partition coefficient (Wildman–Crippen LogP) is 4.62. The van der Waals surface area contributed by atoms with Crippen molar-refractivity contribution in [3.05, 3.63) is 47.5 Å². The average molecular weight is 361 g/mol. The second-order valence-corrected chi connectivity index (χ2v) is 7.61. The van der Waals surface area contributed by atoms with Crippen LogP contribution in [0, 0.1) is 5.92 Å². The molecule has 0 heterocycles. The molecule has 5 nitrogen and oxygen atoms in total. The first-order chi connectivity index (χ1) is 12.2. The van der Waals surface area contributed by atoms with Crippen LogP contribution in [0.2, 0.25) is 0 Å². The summed E-state index contributed by atoms with van der Waals surface area (Å²) in [6.45, 7) is 10.3. The van der Waals surface area contributed by atoms with E-state index in [1.165, 1.54) is 0 Å². The second kappa shape index (κ2) is 10.6. The third kappa shape index (κ3) is 9.87. The molecule has 0 aliphatic rings. The van der Waals surface area contributed by atoms with Crippen molar-refractivity contribution in [1.82, 2.24) is 5.32 Å². The highest BCUT2D eigenvalue weighted by Crippen LogP contribution is 2.17. The molecule has 1 N–H and O–H groups in total. The van der Waals surface area contributed by atoms with Crippen LogP contribution in [0.4, 0.5) is 4.79 Å². The van der Waals surface area contributed by atoms with Crippen molar-refractivity contribution >= 4 is 12.1 Å². The molecule has 0 saturated carbocycles. The Hall–Kier alpha value is -2.30. The van der Waals surface area contributed by atoms with Crippen molar-refractivity contribution in [1.29, 1.82) is 0 Å². The minimum absolute atomic E-state index is 0.235. The molecular weight excluding hydrogens is 330 g/mol. The zero-order valence-electron chi connectivity index (χ0n) is 16.5. The SMILES string of the molecule is CC(C)C/C(=C/CCNC(=O)OCc1ccccc1)C(=O)OC(C)(C)C. The number of alkyl carbamates (subject to hydrolysis) is 1. The third-order valence-corrected chi connectivity index (χ3v) is 3.31. The molecule has 0 atom stereocenters. The molecule has 0 radical (unpaired) electrons. The van der Waals surface area contributed by atoms with Crippen LogP contribution in [0.3, 0.4) is 0 Å². The molecule has 0 saturated heterocycles. The molecule has 0 unspecified atom stereocenters. The molecule has 144 valence electrons. The number of hydrogen-bond donors (Lipinski definition) is 1. The molecule has 1 aromatic carbocycles. The van der Waals surface area contributed by atoms with Crippen molar-refractivity contribution in [2.45, 2.75) is 59.7 Å². The summed E-state index contributed by atoms with van der Waals surface area (Å²) in [5, 5.41) is 2.69. The van der Waals surface area contributed by atoms with E-state index >= 15 is 0 Å². The number of benzene rings is 1. The van der Waals surface area contributed by atoms with Gasteiger partial charge < -0.3 is 14.8 Å². The van der Waals surface area contributed by atoms with Gasteiger partial charge in [-0.05, 0) is 45.1 Å². The smallest absolute Gasteiger partial charge is 0.407 e. The van der Waals surface area contributed by atoms with Crippen molar-refractivity contribution in [3.8, 4) is 0 Å². The van der Waals surface area contributed by atoms with E-state index in [1.807, 2.05) is 57.2 Å². The number of carbonyl (C=O) groups is 2. The fourth-order valence-electron chi connectivity index (χ4n) is 2.23. The van der Waals surface area contributed by atoms with Crippen molar-refractivity contribution in [2.24, 2.45) is 5.92 Å². The maximum atomic E-state index is 12.3. The van der Waals surface area contributed by atoms with Crippen LogP contribution in [0.15, 0.2) is 42.0 Å². The minimum Gasteiger partial charge on any atom is -0.457 e. The number of carbonyl (C=O) groups excluding carboxylic acids is 2. The van der Waals surface area contributed by atoms with Gasteiger partial charge in [0.2, 0.25) is 0 Å².